The van der Waals surface area contributed by atoms with Gasteiger partial charge in [-0.3, -0.25) is 9.59 Å². The van der Waals surface area contributed by atoms with E-state index in [1.165, 1.54) is 0 Å². The van der Waals surface area contributed by atoms with Crippen molar-refractivity contribution in [3.63, 3.8) is 0 Å². The fourth-order valence-electron chi connectivity index (χ4n) is 0.552. The van der Waals surface area contributed by atoms with Crippen LogP contribution in [0, 0.1) is 0 Å². The Labute approximate surface area is 80.7 Å². The highest BCUT2D eigenvalue weighted by Gasteiger charge is 1.99. The average molecular weight is 170 g/mol. The van der Waals surface area contributed by atoms with E-state index in [1.54, 1.807) is 0 Å². The fourth-order valence-corrected chi connectivity index (χ4v) is 0.552. The molecule has 0 amide bonds. The monoisotopic (exact) mass is 170 g/mol. The molecule has 0 heterocycles. The van der Waals surface area contributed by atoms with Crippen LogP contribution < -0.4 is 0 Å². The molecular formula is C6H10MgO4. The van der Waals surface area contributed by atoms with Crippen LogP contribution in [0.3, 0.4) is 0 Å². The van der Waals surface area contributed by atoms with Gasteiger partial charge in [-0.1, -0.05) is 0 Å². The molecule has 60 valence electrons. The summed E-state index contributed by atoms with van der Waals surface area (Å²) in [5, 5.41) is 16.3. The minimum atomic E-state index is -0.870. The molecule has 0 aliphatic rings. The summed E-state index contributed by atoms with van der Waals surface area (Å²) in [6.07, 6.45) is 1.02. The predicted molar refractivity (Wildman–Crippen MR) is 39.5 cm³/mol. The van der Waals surface area contributed by atoms with Gasteiger partial charge in [0.25, 0.3) is 0 Å². The van der Waals surface area contributed by atoms with Gasteiger partial charge in [0.1, 0.15) is 0 Å². The number of unbranched alkanes of at least 4 members (excludes halogenated alkanes) is 1. The summed E-state index contributed by atoms with van der Waals surface area (Å²) in [5.74, 6) is -1.74. The number of carboxylic acid groups (broad SMARTS) is 2. The van der Waals surface area contributed by atoms with Crippen LogP contribution >= 0.6 is 0 Å². The first-order chi connectivity index (χ1) is 4.63. The topological polar surface area (TPSA) is 74.6 Å². The summed E-state index contributed by atoms with van der Waals surface area (Å²) >= 11 is 0. The van der Waals surface area contributed by atoms with Crippen LogP contribution in [0.25, 0.3) is 0 Å². The maximum absolute atomic E-state index is 9.90. The Balaban J connectivity index is 0. The van der Waals surface area contributed by atoms with E-state index in [4.69, 9.17) is 10.2 Å². The van der Waals surface area contributed by atoms with Gasteiger partial charge in [0.05, 0.1) is 0 Å². The third-order valence-corrected chi connectivity index (χ3v) is 1.03. The zero-order chi connectivity index (χ0) is 7.98. The van der Waals surface area contributed by atoms with E-state index in [1.807, 2.05) is 0 Å². The SMILES string of the molecule is O=C(O)CCCCC(=O)O.[Mg]. The third kappa shape index (κ3) is 12.8. The standard InChI is InChI=1S/C6H10O4.Mg/c7-5(8)3-1-2-4-6(9)10;/h1-4H2,(H,7,8)(H,9,10);. The Morgan fingerprint density at radius 3 is 1.36 bits per heavy atom. The molecule has 0 atom stereocenters. The van der Waals surface area contributed by atoms with E-state index >= 15 is 0 Å². The first kappa shape index (κ1) is 13.3. The lowest BCUT2D eigenvalue weighted by Gasteiger charge is -1.92. The smallest absolute Gasteiger partial charge is 0.303 e. The third-order valence-electron chi connectivity index (χ3n) is 1.03. The Hall–Kier alpha value is -0.294. The van der Waals surface area contributed by atoms with Crippen LogP contribution in [0.5, 0.6) is 0 Å². The second kappa shape index (κ2) is 7.81. The lowest BCUT2D eigenvalue weighted by molar-refractivity contribution is -0.139. The molecule has 0 rings (SSSR count). The van der Waals surface area contributed by atoms with Gasteiger partial charge in [-0.05, 0) is 12.8 Å². The van der Waals surface area contributed by atoms with Crippen molar-refractivity contribution in [2.45, 2.75) is 25.7 Å². The predicted octanol–water partition coefficient (Wildman–Crippen LogP) is 0.335. The van der Waals surface area contributed by atoms with Gasteiger partial charge in [0.15, 0.2) is 0 Å². The molecular weight excluding hydrogens is 160 g/mol. The van der Waals surface area contributed by atoms with Crippen molar-refractivity contribution < 1.29 is 19.8 Å². The first-order valence-corrected chi connectivity index (χ1v) is 3.06. The lowest BCUT2D eigenvalue weighted by Crippen LogP contribution is -1.97. The summed E-state index contributed by atoms with van der Waals surface area (Å²) in [4.78, 5) is 19.8. The van der Waals surface area contributed by atoms with E-state index in [9.17, 15) is 9.59 Å². The number of carbonyl (C=O) groups is 2. The maximum Gasteiger partial charge on any atom is 0.303 e. The minimum Gasteiger partial charge on any atom is -0.481 e. The molecule has 0 unspecified atom stereocenters. The van der Waals surface area contributed by atoms with Gasteiger partial charge in [-0.25, -0.2) is 0 Å². The van der Waals surface area contributed by atoms with Crippen molar-refractivity contribution in [1.29, 1.82) is 0 Å². The number of aliphatic carboxylic acids is 2. The Morgan fingerprint density at radius 2 is 1.18 bits per heavy atom. The summed E-state index contributed by atoms with van der Waals surface area (Å²) < 4.78 is 0. The lowest BCUT2D eigenvalue weighted by atomic mass is 10.2. The van der Waals surface area contributed by atoms with Crippen LogP contribution in [-0.2, 0) is 9.59 Å². The van der Waals surface area contributed by atoms with Crippen molar-refractivity contribution in [2.75, 3.05) is 0 Å². The normalized spacial score (nSPS) is 8.36. The van der Waals surface area contributed by atoms with Crippen LogP contribution in [0.15, 0.2) is 0 Å². The van der Waals surface area contributed by atoms with Crippen LogP contribution in [0.1, 0.15) is 25.7 Å². The van der Waals surface area contributed by atoms with Crippen LogP contribution in [-0.4, -0.2) is 45.2 Å². The highest BCUT2D eigenvalue weighted by atomic mass is 24.3. The molecule has 11 heavy (non-hydrogen) atoms. The second-order valence-electron chi connectivity index (χ2n) is 1.99. The molecule has 0 aromatic carbocycles. The minimum absolute atomic E-state index is 0. The van der Waals surface area contributed by atoms with Crippen molar-refractivity contribution in [2.24, 2.45) is 0 Å². The molecule has 4 nitrogen and oxygen atoms in total. The molecule has 5 heteroatoms. The van der Waals surface area contributed by atoms with Crippen molar-refractivity contribution in [3.05, 3.63) is 0 Å². The van der Waals surface area contributed by atoms with Gasteiger partial charge >= 0.3 is 11.9 Å². The van der Waals surface area contributed by atoms with Gasteiger partial charge in [-0.15, -0.1) is 0 Å². The molecule has 0 aromatic heterocycles. The number of hydrogen-bond donors (Lipinski definition) is 2. The maximum atomic E-state index is 9.90. The van der Waals surface area contributed by atoms with Crippen LogP contribution in [0.2, 0.25) is 0 Å². The quantitative estimate of drug-likeness (QED) is 0.461. The van der Waals surface area contributed by atoms with E-state index in [0.717, 1.165) is 0 Å². The molecule has 2 radical (unpaired) electrons. The largest absolute Gasteiger partial charge is 0.481 e. The van der Waals surface area contributed by atoms with Gasteiger partial charge < -0.3 is 10.2 Å². The number of carboxylic acids is 2. The van der Waals surface area contributed by atoms with Gasteiger partial charge in [0.2, 0.25) is 0 Å². The van der Waals surface area contributed by atoms with Crippen LogP contribution in [0.4, 0.5) is 0 Å². The zero-order valence-corrected chi connectivity index (χ0v) is 7.66. The summed E-state index contributed by atoms with van der Waals surface area (Å²) in [7, 11) is 0. The highest BCUT2D eigenvalue weighted by molar-refractivity contribution is 5.75. The molecule has 0 saturated carbocycles. The fraction of sp³-hybridized carbons (Fsp3) is 0.667. The summed E-state index contributed by atoms with van der Waals surface area (Å²) in [6.45, 7) is 0. The van der Waals surface area contributed by atoms with Crippen molar-refractivity contribution >= 4 is 35.0 Å². The van der Waals surface area contributed by atoms with E-state index in [-0.39, 0.29) is 35.9 Å². The van der Waals surface area contributed by atoms with Gasteiger partial charge in [0, 0.05) is 35.9 Å². The molecule has 0 fully saturated rings. The molecule has 0 aromatic rings. The van der Waals surface area contributed by atoms with Crippen molar-refractivity contribution in [3.8, 4) is 0 Å². The Kier molecular flexibility index (Phi) is 9.45. The molecule has 0 spiro atoms. The second-order valence-corrected chi connectivity index (χ2v) is 1.99. The first-order valence-electron chi connectivity index (χ1n) is 3.06. The Morgan fingerprint density at radius 1 is 0.909 bits per heavy atom. The number of rotatable bonds is 5. The molecule has 0 saturated heterocycles. The van der Waals surface area contributed by atoms with E-state index in [2.05, 4.69) is 0 Å². The summed E-state index contributed by atoms with van der Waals surface area (Å²) in [6, 6.07) is 0. The molecule has 0 bridgehead atoms. The molecule has 0 aliphatic carbocycles. The zero-order valence-electron chi connectivity index (χ0n) is 6.25. The molecule has 0 aliphatic heterocycles. The Bertz CT molecular complexity index is 119. The van der Waals surface area contributed by atoms with Crippen molar-refractivity contribution in [1.82, 2.24) is 0 Å². The van der Waals surface area contributed by atoms with Gasteiger partial charge in [-0.2, -0.15) is 0 Å². The van der Waals surface area contributed by atoms with E-state index in [0.29, 0.717) is 12.8 Å². The highest BCUT2D eigenvalue weighted by Crippen LogP contribution is 1.98. The average Bonchev–Trinajstić information content (AvgIpc) is 1.79. The number of hydrogen-bond acceptors (Lipinski definition) is 2. The summed E-state index contributed by atoms with van der Waals surface area (Å²) in [5.41, 5.74) is 0. The molecule has 2 N–H and O–H groups in total. The van der Waals surface area contributed by atoms with E-state index < -0.39 is 11.9 Å².